The van der Waals surface area contributed by atoms with E-state index in [1.807, 2.05) is 24.3 Å². The van der Waals surface area contributed by atoms with Gasteiger partial charge in [0.1, 0.15) is 24.4 Å². The molecule has 0 bridgehead atoms. The number of methoxy groups -OCH3 is 1. The van der Waals surface area contributed by atoms with Crippen LogP contribution in [0.3, 0.4) is 0 Å². The summed E-state index contributed by atoms with van der Waals surface area (Å²) in [5.41, 5.74) is 1.33. The van der Waals surface area contributed by atoms with E-state index in [4.69, 9.17) is 14.2 Å². The molecule has 1 amide bonds. The Morgan fingerprint density at radius 2 is 2.00 bits per heavy atom. The number of fused-ring (bicyclic) bond motifs is 4. The predicted molar refractivity (Wildman–Crippen MR) is 134 cm³/mol. The van der Waals surface area contributed by atoms with Gasteiger partial charge in [-0.15, -0.1) is 0 Å². The molecular formula is C27H36N2O9. The van der Waals surface area contributed by atoms with Crippen molar-refractivity contribution in [1.82, 2.24) is 4.90 Å². The van der Waals surface area contributed by atoms with E-state index in [1.165, 1.54) is 13.4 Å². The minimum atomic E-state index is -1.71. The third-order valence-corrected chi connectivity index (χ3v) is 8.86. The van der Waals surface area contributed by atoms with Crippen LogP contribution in [0.4, 0.5) is 5.69 Å². The summed E-state index contributed by atoms with van der Waals surface area (Å²) in [5, 5.41) is 43.1. The Labute approximate surface area is 221 Å². The van der Waals surface area contributed by atoms with E-state index >= 15 is 0 Å². The normalized spacial score (nSPS) is 39.0. The number of nitrogens with one attached hydrogen (secondary N) is 1. The number of ether oxygens (including phenoxy) is 3. The molecule has 4 aliphatic heterocycles. The summed E-state index contributed by atoms with van der Waals surface area (Å²) in [5.74, 6) is -1.06. The number of carbonyl (C=O) groups is 2. The highest BCUT2D eigenvalue weighted by atomic mass is 16.7. The predicted octanol–water partition coefficient (Wildman–Crippen LogP) is -0.130. The molecule has 4 aliphatic rings. The number of amides is 1. The number of hydrogen-bond acceptors (Lipinski definition) is 10. The first-order valence-electron chi connectivity index (χ1n) is 13.2. The SMILES string of the molecule is CC[C@H]1CN2CC[C@@]3(C(=O)Nc4ccccc43)[C@@H]2C[C@@H]1/C(=C\OC)C(=O)O[C@@H]1O[C@H](CO)[C@@H](O)[C@H](O)[C@H]1O. The average Bonchev–Trinajstić information content (AvgIpc) is 3.44. The first-order chi connectivity index (χ1) is 18.3. The lowest BCUT2D eigenvalue weighted by Gasteiger charge is -2.45. The molecule has 1 spiro atoms. The van der Waals surface area contributed by atoms with E-state index in [9.17, 15) is 30.0 Å². The zero-order valence-corrected chi connectivity index (χ0v) is 21.5. The van der Waals surface area contributed by atoms with Crippen molar-refractivity contribution in [3.05, 3.63) is 41.7 Å². The van der Waals surface area contributed by atoms with Gasteiger partial charge in [-0.2, -0.15) is 0 Å². The molecule has 3 fully saturated rings. The van der Waals surface area contributed by atoms with Gasteiger partial charge in [-0.1, -0.05) is 31.5 Å². The van der Waals surface area contributed by atoms with Crippen molar-refractivity contribution in [2.75, 3.05) is 32.1 Å². The Balaban J connectivity index is 1.42. The highest BCUT2D eigenvalue weighted by molar-refractivity contribution is 6.07. The molecule has 0 aromatic heterocycles. The van der Waals surface area contributed by atoms with E-state index in [0.717, 1.165) is 24.2 Å². The molecule has 5 rings (SSSR count). The van der Waals surface area contributed by atoms with Gasteiger partial charge in [-0.3, -0.25) is 9.69 Å². The lowest BCUT2D eigenvalue weighted by Crippen LogP contribution is -2.59. The Morgan fingerprint density at radius 3 is 2.71 bits per heavy atom. The number of para-hydroxylation sites is 1. The van der Waals surface area contributed by atoms with Crippen molar-refractivity contribution in [3.8, 4) is 0 Å². The summed E-state index contributed by atoms with van der Waals surface area (Å²) >= 11 is 0. The number of hydrogen-bond donors (Lipinski definition) is 5. The van der Waals surface area contributed by atoms with Crippen molar-refractivity contribution in [3.63, 3.8) is 0 Å². The summed E-state index contributed by atoms with van der Waals surface area (Å²) in [7, 11) is 1.43. The van der Waals surface area contributed by atoms with Crippen LogP contribution in [0.2, 0.25) is 0 Å². The van der Waals surface area contributed by atoms with Crippen LogP contribution in [-0.4, -0.2) is 101 Å². The molecule has 11 heteroatoms. The van der Waals surface area contributed by atoms with Gasteiger partial charge in [0, 0.05) is 18.3 Å². The molecule has 11 nitrogen and oxygen atoms in total. The van der Waals surface area contributed by atoms with Gasteiger partial charge in [0.2, 0.25) is 12.2 Å². The van der Waals surface area contributed by atoms with Crippen LogP contribution in [0, 0.1) is 11.8 Å². The largest absolute Gasteiger partial charge is 0.504 e. The van der Waals surface area contributed by atoms with E-state index < -0.39 is 48.7 Å². The molecule has 0 radical (unpaired) electrons. The van der Waals surface area contributed by atoms with Crippen molar-refractivity contribution >= 4 is 17.6 Å². The fraction of sp³-hybridized carbons (Fsp3) is 0.630. The highest BCUT2D eigenvalue weighted by Crippen LogP contribution is 2.53. The monoisotopic (exact) mass is 532 g/mol. The third-order valence-electron chi connectivity index (χ3n) is 8.86. The zero-order chi connectivity index (χ0) is 27.2. The number of benzene rings is 1. The van der Waals surface area contributed by atoms with Gasteiger partial charge in [-0.25, -0.2) is 4.79 Å². The maximum Gasteiger partial charge on any atom is 0.339 e. The molecule has 0 unspecified atom stereocenters. The summed E-state index contributed by atoms with van der Waals surface area (Å²) in [6, 6.07) is 7.60. The summed E-state index contributed by atoms with van der Waals surface area (Å²) in [6.45, 7) is 2.88. The molecule has 3 saturated heterocycles. The number of aliphatic hydroxyl groups is 4. The standard InChI is InChI=1S/C27H36N2O9/c1-3-14-11-29-9-8-27(17-6-4-5-7-18(17)28-26(27)35)20(29)10-15(14)16(13-36-2)24(34)38-25-23(33)22(32)21(31)19(12-30)37-25/h4-7,13-15,19-23,25,30-33H,3,8-12H2,1-2H3,(H,28,35)/b16-13+/t14-,15-,19+,20-,21+,22-,23+,25-,27-/m0/s1. The Bertz CT molecular complexity index is 1090. The van der Waals surface area contributed by atoms with Crippen LogP contribution >= 0.6 is 0 Å². The van der Waals surface area contributed by atoms with Gasteiger partial charge < -0.3 is 40.0 Å². The van der Waals surface area contributed by atoms with Gasteiger partial charge in [0.05, 0.1) is 31.0 Å². The Morgan fingerprint density at radius 1 is 1.24 bits per heavy atom. The number of nitrogens with zero attached hydrogens (tertiary/aromatic N) is 1. The van der Waals surface area contributed by atoms with E-state index in [0.29, 0.717) is 19.4 Å². The van der Waals surface area contributed by atoms with Crippen LogP contribution < -0.4 is 5.32 Å². The molecule has 0 saturated carbocycles. The quantitative estimate of drug-likeness (QED) is 0.190. The van der Waals surface area contributed by atoms with E-state index in [2.05, 4.69) is 17.1 Å². The van der Waals surface area contributed by atoms with Crippen molar-refractivity contribution in [2.45, 2.75) is 68.3 Å². The van der Waals surface area contributed by atoms with Gasteiger partial charge in [-0.05, 0) is 42.9 Å². The Kier molecular flexibility index (Phi) is 7.51. The van der Waals surface area contributed by atoms with Crippen molar-refractivity contribution in [2.24, 2.45) is 11.8 Å². The summed E-state index contributed by atoms with van der Waals surface area (Å²) in [6.07, 6.45) is -4.43. The maximum absolute atomic E-state index is 13.5. The van der Waals surface area contributed by atoms with Crippen LogP contribution in [0.15, 0.2) is 36.1 Å². The second kappa shape index (κ2) is 10.6. The summed E-state index contributed by atoms with van der Waals surface area (Å²) < 4.78 is 16.2. The molecular weight excluding hydrogens is 496 g/mol. The molecule has 9 atom stereocenters. The van der Waals surface area contributed by atoms with E-state index in [-0.39, 0.29) is 29.4 Å². The minimum Gasteiger partial charge on any atom is -0.504 e. The fourth-order valence-electron chi connectivity index (χ4n) is 6.85. The number of rotatable bonds is 6. The van der Waals surface area contributed by atoms with Crippen LogP contribution in [0.5, 0.6) is 0 Å². The van der Waals surface area contributed by atoms with Gasteiger partial charge in [0.25, 0.3) is 0 Å². The highest BCUT2D eigenvalue weighted by Gasteiger charge is 2.60. The zero-order valence-electron chi connectivity index (χ0n) is 21.5. The first kappa shape index (κ1) is 27.0. The lowest BCUT2D eigenvalue weighted by atomic mass is 9.67. The number of anilines is 1. The second-order valence-corrected chi connectivity index (χ2v) is 10.7. The van der Waals surface area contributed by atoms with Crippen LogP contribution in [0.1, 0.15) is 31.7 Å². The molecule has 4 heterocycles. The number of piperidine rings is 1. The molecule has 1 aromatic rings. The topological polar surface area (TPSA) is 158 Å². The summed E-state index contributed by atoms with van der Waals surface area (Å²) in [4.78, 5) is 29.3. The molecule has 1 aromatic carbocycles. The molecule has 38 heavy (non-hydrogen) atoms. The molecule has 208 valence electrons. The first-order valence-corrected chi connectivity index (χ1v) is 13.2. The third kappa shape index (κ3) is 4.21. The fourth-order valence-corrected chi connectivity index (χ4v) is 6.85. The maximum atomic E-state index is 13.5. The lowest BCUT2D eigenvalue weighted by molar-refractivity contribution is -0.291. The van der Waals surface area contributed by atoms with Gasteiger partial charge >= 0.3 is 5.97 Å². The second-order valence-electron chi connectivity index (χ2n) is 10.7. The molecule has 0 aliphatic carbocycles. The number of carbonyl (C=O) groups excluding carboxylic acids is 2. The number of esters is 1. The van der Waals surface area contributed by atoms with Gasteiger partial charge in [0.15, 0.2) is 0 Å². The van der Waals surface area contributed by atoms with Crippen LogP contribution in [0.25, 0.3) is 0 Å². The van der Waals surface area contributed by atoms with Crippen LogP contribution in [-0.2, 0) is 29.2 Å². The van der Waals surface area contributed by atoms with E-state index in [1.54, 1.807) is 0 Å². The molecule has 5 N–H and O–H groups in total. The minimum absolute atomic E-state index is 0.0268. The average molecular weight is 533 g/mol. The number of aliphatic hydroxyl groups excluding tert-OH is 4. The van der Waals surface area contributed by atoms with Crippen molar-refractivity contribution in [1.29, 1.82) is 0 Å². The Hall–Kier alpha value is -2.54. The smallest absolute Gasteiger partial charge is 0.339 e. The van der Waals surface area contributed by atoms with Crippen molar-refractivity contribution < 1.29 is 44.2 Å².